The molecule has 0 amide bonds. The average Bonchev–Trinajstić information content (AvgIpc) is 2.27. The summed E-state index contributed by atoms with van der Waals surface area (Å²) in [7, 11) is -4.42. The number of hydrogen-bond donors (Lipinski definition) is 4. The number of nitrogens with two attached hydrogens (primary N) is 1. The van der Waals surface area contributed by atoms with Crippen LogP contribution in [0, 0.1) is 5.82 Å². The van der Waals surface area contributed by atoms with Gasteiger partial charge < -0.3 is 20.6 Å². The van der Waals surface area contributed by atoms with Gasteiger partial charge in [0.1, 0.15) is 5.82 Å². The zero-order valence-corrected chi connectivity index (χ0v) is 10.5. The average molecular weight is 319 g/mol. The summed E-state index contributed by atoms with van der Waals surface area (Å²) in [6.45, 7) is -0.0271. The fourth-order valence-electron chi connectivity index (χ4n) is 0.981. The summed E-state index contributed by atoms with van der Waals surface area (Å²) >= 11 is 0. The maximum atomic E-state index is 12.6. The second kappa shape index (κ2) is 6.80. The second-order valence-corrected chi connectivity index (χ2v) is 4.89. The number of benzene rings is 1. The first-order valence-electron chi connectivity index (χ1n) is 4.74. The summed E-state index contributed by atoms with van der Waals surface area (Å²) < 4.78 is 55.2. The van der Waals surface area contributed by atoms with Gasteiger partial charge in [-0.25, -0.2) is 9.18 Å². The van der Waals surface area contributed by atoms with E-state index in [2.05, 4.69) is 0 Å². The molecular weight excluding hydrogens is 309 g/mol. The van der Waals surface area contributed by atoms with Gasteiger partial charge in [-0.1, -0.05) is 6.07 Å². The van der Waals surface area contributed by atoms with Crippen LogP contribution in [-0.2, 0) is 15.9 Å². The van der Waals surface area contributed by atoms with Crippen LogP contribution in [0.2, 0.25) is 0 Å². The van der Waals surface area contributed by atoms with Crippen molar-refractivity contribution < 1.29 is 41.8 Å². The molecule has 0 aliphatic carbocycles. The van der Waals surface area contributed by atoms with E-state index in [-0.39, 0.29) is 17.4 Å². The number of aliphatic carboxylic acids is 1. The van der Waals surface area contributed by atoms with Crippen molar-refractivity contribution in [2.75, 3.05) is 0 Å². The second-order valence-electron chi connectivity index (χ2n) is 3.32. The first kappa shape index (κ1) is 18.5. The van der Waals surface area contributed by atoms with Crippen LogP contribution < -0.4 is 11.0 Å². The van der Waals surface area contributed by atoms with E-state index < -0.39 is 25.6 Å². The molecule has 1 rings (SSSR count). The minimum absolute atomic E-state index is 0.0271. The van der Waals surface area contributed by atoms with Crippen molar-refractivity contribution >= 4 is 18.9 Å². The van der Waals surface area contributed by atoms with E-state index in [4.69, 9.17) is 25.4 Å². The number of carbonyl (C=O) groups is 1. The van der Waals surface area contributed by atoms with Crippen molar-refractivity contribution in [3.63, 3.8) is 0 Å². The molecule has 0 atom stereocenters. The summed E-state index contributed by atoms with van der Waals surface area (Å²) in [5.74, 6) is -3.44. The van der Waals surface area contributed by atoms with Gasteiger partial charge in [0.05, 0.1) is 5.30 Å². The highest BCUT2D eigenvalue weighted by Crippen LogP contribution is 2.34. The van der Waals surface area contributed by atoms with Crippen LogP contribution in [0.15, 0.2) is 18.2 Å². The molecule has 0 saturated carbocycles. The third-order valence-electron chi connectivity index (χ3n) is 1.82. The standard InChI is InChI=1S/C7H9FNO3P.C2HF3O2/c8-6-2-1-5(4-9)7(3-6)13(10,11)12;3-2(4,5)1(6)7/h1-3H,4,9H2,(H2,10,11,12);(H,6,7). The van der Waals surface area contributed by atoms with Gasteiger partial charge in [-0.05, 0) is 17.7 Å². The highest BCUT2D eigenvalue weighted by molar-refractivity contribution is 7.60. The predicted octanol–water partition coefficient (Wildman–Crippen LogP) is 0.721. The molecule has 5 N–H and O–H groups in total. The number of carboxylic acid groups (broad SMARTS) is 1. The minimum Gasteiger partial charge on any atom is -0.475 e. The molecule has 0 aliphatic heterocycles. The number of alkyl halides is 3. The smallest absolute Gasteiger partial charge is 0.475 e. The first-order valence-corrected chi connectivity index (χ1v) is 6.35. The molecule has 0 saturated heterocycles. The molecule has 0 heterocycles. The molecule has 114 valence electrons. The lowest BCUT2D eigenvalue weighted by atomic mass is 10.2. The molecule has 0 aliphatic rings. The van der Waals surface area contributed by atoms with Gasteiger partial charge in [-0.3, -0.25) is 4.57 Å². The lowest BCUT2D eigenvalue weighted by molar-refractivity contribution is -0.192. The monoisotopic (exact) mass is 319 g/mol. The zero-order chi connectivity index (χ0) is 16.1. The highest BCUT2D eigenvalue weighted by Gasteiger charge is 2.38. The van der Waals surface area contributed by atoms with Crippen molar-refractivity contribution in [2.24, 2.45) is 5.73 Å². The molecule has 0 fully saturated rings. The van der Waals surface area contributed by atoms with Gasteiger partial charge in [0.15, 0.2) is 0 Å². The van der Waals surface area contributed by atoms with Crippen molar-refractivity contribution in [3.05, 3.63) is 29.6 Å². The number of halogens is 4. The predicted molar refractivity (Wildman–Crippen MR) is 59.7 cm³/mol. The molecular formula is C9H10F4NO5P. The zero-order valence-electron chi connectivity index (χ0n) is 9.63. The summed E-state index contributed by atoms with van der Waals surface area (Å²) in [6.07, 6.45) is -5.08. The topological polar surface area (TPSA) is 121 Å². The van der Waals surface area contributed by atoms with Gasteiger partial charge in [0, 0.05) is 6.54 Å². The summed E-state index contributed by atoms with van der Waals surface area (Å²) in [6, 6.07) is 3.19. The lowest BCUT2D eigenvalue weighted by Gasteiger charge is -2.08. The Balaban J connectivity index is 0.000000441. The van der Waals surface area contributed by atoms with Gasteiger partial charge in [-0.15, -0.1) is 0 Å². The molecule has 6 nitrogen and oxygen atoms in total. The van der Waals surface area contributed by atoms with Crippen LogP contribution in [0.25, 0.3) is 0 Å². The maximum Gasteiger partial charge on any atom is 0.490 e. The van der Waals surface area contributed by atoms with Crippen LogP contribution in [-0.4, -0.2) is 27.0 Å². The quantitative estimate of drug-likeness (QED) is 0.471. The van der Waals surface area contributed by atoms with Crippen molar-refractivity contribution in [1.29, 1.82) is 0 Å². The minimum atomic E-state index is -5.08. The molecule has 11 heteroatoms. The molecule has 0 unspecified atom stereocenters. The normalized spacial score (nSPS) is 11.6. The van der Waals surface area contributed by atoms with Gasteiger partial charge >= 0.3 is 19.7 Å². The Kier molecular flexibility index (Phi) is 6.30. The molecule has 0 spiro atoms. The molecule has 1 aromatic rings. The van der Waals surface area contributed by atoms with E-state index in [1.807, 2.05) is 0 Å². The van der Waals surface area contributed by atoms with Crippen molar-refractivity contribution in [2.45, 2.75) is 12.7 Å². The Bertz CT molecular complexity index is 528. The van der Waals surface area contributed by atoms with Crippen LogP contribution in [0.4, 0.5) is 17.6 Å². The Morgan fingerprint density at radius 2 is 1.75 bits per heavy atom. The Labute approximate surface area is 110 Å². The van der Waals surface area contributed by atoms with E-state index in [9.17, 15) is 22.1 Å². The SMILES string of the molecule is NCc1ccc(F)cc1P(=O)(O)O.O=C(O)C(F)(F)F. The van der Waals surface area contributed by atoms with E-state index in [1.54, 1.807) is 0 Å². The van der Waals surface area contributed by atoms with E-state index >= 15 is 0 Å². The van der Waals surface area contributed by atoms with Gasteiger partial charge in [0.25, 0.3) is 0 Å². The van der Waals surface area contributed by atoms with Gasteiger partial charge in [-0.2, -0.15) is 13.2 Å². The molecule has 20 heavy (non-hydrogen) atoms. The molecule has 0 bridgehead atoms. The van der Waals surface area contributed by atoms with E-state index in [0.717, 1.165) is 12.1 Å². The molecule has 0 aromatic heterocycles. The Morgan fingerprint density at radius 3 is 2.05 bits per heavy atom. The Hall–Kier alpha value is -1.48. The fraction of sp³-hybridized carbons (Fsp3) is 0.222. The third kappa shape index (κ3) is 6.11. The third-order valence-corrected chi connectivity index (χ3v) is 2.87. The Morgan fingerprint density at radius 1 is 1.30 bits per heavy atom. The van der Waals surface area contributed by atoms with Gasteiger partial charge in [0.2, 0.25) is 0 Å². The van der Waals surface area contributed by atoms with Crippen LogP contribution in [0.3, 0.4) is 0 Å². The largest absolute Gasteiger partial charge is 0.490 e. The van der Waals surface area contributed by atoms with Crippen LogP contribution in [0.1, 0.15) is 5.56 Å². The van der Waals surface area contributed by atoms with Crippen molar-refractivity contribution in [3.8, 4) is 0 Å². The van der Waals surface area contributed by atoms with E-state index in [1.165, 1.54) is 6.07 Å². The maximum absolute atomic E-state index is 12.6. The van der Waals surface area contributed by atoms with Crippen molar-refractivity contribution in [1.82, 2.24) is 0 Å². The first-order chi connectivity index (χ1) is 8.89. The molecule has 1 aromatic carbocycles. The van der Waals surface area contributed by atoms with E-state index in [0.29, 0.717) is 0 Å². The fourth-order valence-corrected chi connectivity index (χ4v) is 1.81. The number of hydrogen-bond acceptors (Lipinski definition) is 3. The molecule has 0 radical (unpaired) electrons. The summed E-state index contributed by atoms with van der Waals surface area (Å²) in [5.41, 5.74) is 5.49. The van der Waals surface area contributed by atoms with Crippen LogP contribution in [0.5, 0.6) is 0 Å². The summed E-state index contributed by atoms with van der Waals surface area (Å²) in [5, 5.41) is 6.79. The number of rotatable bonds is 2. The highest BCUT2D eigenvalue weighted by atomic mass is 31.2. The number of carboxylic acids is 1. The summed E-state index contributed by atoms with van der Waals surface area (Å²) in [4.78, 5) is 26.5. The lowest BCUT2D eigenvalue weighted by Crippen LogP contribution is -2.21. The van der Waals surface area contributed by atoms with Crippen LogP contribution >= 0.6 is 7.60 Å².